The molecule has 0 unspecified atom stereocenters. The molecule has 1 spiro atoms. The number of hydrogen-bond donors (Lipinski definition) is 1. The minimum absolute atomic E-state index is 0.0297. The number of piperidine rings is 1. The summed E-state index contributed by atoms with van der Waals surface area (Å²) in [6.45, 7) is 3.42. The van der Waals surface area contributed by atoms with Crippen LogP contribution in [-0.4, -0.2) is 65.8 Å². The summed E-state index contributed by atoms with van der Waals surface area (Å²) in [6.07, 6.45) is 6.69. The van der Waals surface area contributed by atoms with Gasteiger partial charge in [0.2, 0.25) is 0 Å². The van der Waals surface area contributed by atoms with Crippen molar-refractivity contribution in [1.29, 1.82) is 5.26 Å². The molecular weight excluding hydrogens is 414 g/mol. The number of carbonyl (C=O) groups excluding carboxylic acids is 2. The number of amides is 2. The molecule has 0 bridgehead atoms. The number of nitriles is 1. The summed E-state index contributed by atoms with van der Waals surface area (Å²) < 4.78 is 29.2. The van der Waals surface area contributed by atoms with E-state index in [0.717, 1.165) is 44.8 Å². The van der Waals surface area contributed by atoms with Crippen molar-refractivity contribution < 1.29 is 18.4 Å². The van der Waals surface area contributed by atoms with Gasteiger partial charge in [-0.15, -0.1) is 0 Å². The minimum atomic E-state index is -2.98. The number of alkyl halides is 2. The van der Waals surface area contributed by atoms with E-state index in [1.807, 2.05) is 0 Å². The maximum absolute atomic E-state index is 14.6. The van der Waals surface area contributed by atoms with Crippen LogP contribution in [0.2, 0.25) is 0 Å². The second kappa shape index (κ2) is 7.93. The van der Waals surface area contributed by atoms with Gasteiger partial charge in [-0.3, -0.25) is 4.79 Å². The second-order valence-corrected chi connectivity index (χ2v) is 11.4. The third-order valence-corrected chi connectivity index (χ3v) is 8.34. The van der Waals surface area contributed by atoms with Crippen molar-refractivity contribution in [2.45, 2.75) is 88.6 Å². The molecule has 5 rings (SSSR count). The Labute approximate surface area is 188 Å². The third kappa shape index (κ3) is 4.93. The zero-order valence-electron chi connectivity index (χ0n) is 18.8. The summed E-state index contributed by atoms with van der Waals surface area (Å²) in [4.78, 5) is 30.0. The van der Waals surface area contributed by atoms with Crippen molar-refractivity contribution in [3.8, 4) is 6.07 Å². The van der Waals surface area contributed by atoms with E-state index in [1.54, 1.807) is 4.90 Å². The van der Waals surface area contributed by atoms with Crippen LogP contribution in [0.4, 0.5) is 13.6 Å². The molecule has 176 valence electrons. The van der Waals surface area contributed by atoms with Crippen LogP contribution in [0.25, 0.3) is 0 Å². The lowest BCUT2D eigenvalue weighted by molar-refractivity contribution is -0.125. The highest BCUT2D eigenvalue weighted by molar-refractivity contribution is 5.89. The maximum atomic E-state index is 14.6. The molecule has 3 aliphatic carbocycles. The molecule has 5 fully saturated rings. The van der Waals surface area contributed by atoms with E-state index in [2.05, 4.69) is 16.3 Å². The number of rotatable bonds is 9. The number of halogens is 2. The van der Waals surface area contributed by atoms with Gasteiger partial charge in [-0.25, -0.2) is 13.6 Å². The molecule has 2 heterocycles. The number of ketones is 1. The first kappa shape index (κ1) is 22.1. The molecular formula is C24H34F2N4O2. The zero-order chi connectivity index (χ0) is 22.6. The molecule has 3 saturated carbocycles. The molecule has 5 aliphatic rings. The average Bonchev–Trinajstić information content (AvgIpc) is 3.58. The van der Waals surface area contributed by atoms with Crippen LogP contribution < -0.4 is 5.32 Å². The van der Waals surface area contributed by atoms with Crippen molar-refractivity contribution in [3.63, 3.8) is 0 Å². The molecule has 0 aromatic carbocycles. The number of likely N-dealkylation sites (tertiary alicyclic amines) is 2. The fourth-order valence-electron chi connectivity index (χ4n) is 5.57. The third-order valence-electron chi connectivity index (χ3n) is 8.34. The van der Waals surface area contributed by atoms with E-state index in [-0.39, 0.29) is 24.2 Å². The summed E-state index contributed by atoms with van der Waals surface area (Å²) in [7, 11) is 0. The van der Waals surface area contributed by atoms with Gasteiger partial charge in [0.1, 0.15) is 0 Å². The van der Waals surface area contributed by atoms with Crippen LogP contribution in [0.15, 0.2) is 0 Å². The van der Waals surface area contributed by atoms with Crippen molar-refractivity contribution in [1.82, 2.24) is 15.1 Å². The molecule has 0 radical (unpaired) electrons. The first-order chi connectivity index (χ1) is 15.2. The van der Waals surface area contributed by atoms with Crippen LogP contribution in [0.1, 0.15) is 70.6 Å². The SMILES string of the molecule is N#CC1(CC(=O)[C@H](CC(F)(F)CC2CC2)NC(=O)N2CC3(CCN(C4CC4)CC3)C2)CC1. The number of carbonyl (C=O) groups is 2. The van der Waals surface area contributed by atoms with Crippen LogP contribution in [-0.2, 0) is 4.79 Å². The van der Waals surface area contributed by atoms with E-state index in [4.69, 9.17) is 0 Å². The molecule has 2 aliphatic heterocycles. The zero-order valence-corrected chi connectivity index (χ0v) is 18.8. The molecule has 0 aromatic heterocycles. The predicted molar refractivity (Wildman–Crippen MR) is 114 cm³/mol. The Hall–Kier alpha value is -1.75. The summed E-state index contributed by atoms with van der Waals surface area (Å²) in [6, 6.07) is 1.28. The van der Waals surface area contributed by atoms with E-state index in [9.17, 15) is 23.6 Å². The monoisotopic (exact) mass is 448 g/mol. The highest BCUT2D eigenvalue weighted by Gasteiger charge is 2.50. The average molecular weight is 449 g/mol. The lowest BCUT2D eigenvalue weighted by Crippen LogP contribution is -2.65. The number of nitrogens with zero attached hydrogens (tertiary/aromatic N) is 3. The Morgan fingerprint density at radius 3 is 2.28 bits per heavy atom. The second-order valence-electron chi connectivity index (χ2n) is 11.4. The molecule has 2 saturated heterocycles. The van der Waals surface area contributed by atoms with Gasteiger partial charge in [-0.2, -0.15) is 5.26 Å². The summed E-state index contributed by atoms with van der Waals surface area (Å²) in [5.74, 6) is -3.38. The highest BCUT2D eigenvalue weighted by atomic mass is 19.3. The maximum Gasteiger partial charge on any atom is 0.318 e. The lowest BCUT2D eigenvalue weighted by Gasteiger charge is -2.54. The Morgan fingerprint density at radius 1 is 1.09 bits per heavy atom. The van der Waals surface area contributed by atoms with Crippen molar-refractivity contribution in [2.75, 3.05) is 26.2 Å². The van der Waals surface area contributed by atoms with Crippen LogP contribution in [0.3, 0.4) is 0 Å². The number of hydrogen-bond acceptors (Lipinski definition) is 4. The molecule has 8 heteroatoms. The van der Waals surface area contributed by atoms with Gasteiger partial charge in [-0.05, 0) is 70.4 Å². The standard InChI is InChI=1S/C24H34F2N4O2/c25-24(26,11-17-1-2-17)12-19(20(31)13-22(14-27)5-6-22)28-21(32)30-15-23(16-30)7-9-29(10-8-23)18-3-4-18/h17-19H,1-13,15-16H2,(H,28,32)/t19-/m0/s1. The summed E-state index contributed by atoms with van der Waals surface area (Å²) in [5.41, 5.74) is -0.556. The molecule has 1 N–H and O–H groups in total. The van der Waals surface area contributed by atoms with Gasteiger partial charge < -0.3 is 15.1 Å². The van der Waals surface area contributed by atoms with Crippen LogP contribution >= 0.6 is 0 Å². The Balaban J connectivity index is 1.16. The van der Waals surface area contributed by atoms with Gasteiger partial charge >= 0.3 is 6.03 Å². The smallest absolute Gasteiger partial charge is 0.318 e. The van der Waals surface area contributed by atoms with Gasteiger partial charge in [0.05, 0.1) is 17.5 Å². The van der Waals surface area contributed by atoms with Gasteiger partial charge in [-0.1, -0.05) is 0 Å². The highest BCUT2D eigenvalue weighted by Crippen LogP contribution is 2.49. The summed E-state index contributed by atoms with van der Waals surface area (Å²) in [5, 5.41) is 12.0. The first-order valence-corrected chi connectivity index (χ1v) is 12.3. The van der Waals surface area contributed by atoms with Crippen molar-refractivity contribution in [2.24, 2.45) is 16.7 Å². The molecule has 0 aromatic rings. The molecule has 6 nitrogen and oxygen atoms in total. The first-order valence-electron chi connectivity index (χ1n) is 12.3. The molecule has 2 amide bonds. The van der Waals surface area contributed by atoms with Gasteiger partial charge in [0.25, 0.3) is 5.92 Å². The Morgan fingerprint density at radius 2 is 1.75 bits per heavy atom. The predicted octanol–water partition coefficient (Wildman–Crippen LogP) is 3.71. The Kier molecular flexibility index (Phi) is 5.47. The van der Waals surface area contributed by atoms with E-state index in [1.165, 1.54) is 12.8 Å². The van der Waals surface area contributed by atoms with Gasteiger partial charge in [0.15, 0.2) is 5.78 Å². The largest absolute Gasteiger partial charge is 0.328 e. The fraction of sp³-hybridized carbons (Fsp3) is 0.875. The molecule has 32 heavy (non-hydrogen) atoms. The van der Waals surface area contributed by atoms with E-state index >= 15 is 0 Å². The quantitative estimate of drug-likeness (QED) is 0.583. The number of urea groups is 1. The van der Waals surface area contributed by atoms with Crippen LogP contribution in [0.5, 0.6) is 0 Å². The van der Waals surface area contributed by atoms with Crippen molar-refractivity contribution in [3.05, 3.63) is 0 Å². The molecule has 1 atom stereocenters. The summed E-state index contributed by atoms with van der Waals surface area (Å²) >= 11 is 0. The topological polar surface area (TPSA) is 76.4 Å². The van der Waals surface area contributed by atoms with E-state index in [0.29, 0.717) is 25.9 Å². The van der Waals surface area contributed by atoms with Gasteiger partial charge in [0, 0.05) is 43.8 Å². The van der Waals surface area contributed by atoms with Crippen molar-refractivity contribution >= 4 is 11.8 Å². The minimum Gasteiger partial charge on any atom is -0.328 e. The number of nitrogens with one attached hydrogen (secondary N) is 1. The number of Topliss-reactive ketones (excluding diaryl/α,β-unsaturated/α-hetero) is 1. The van der Waals surface area contributed by atoms with E-state index < -0.39 is 35.6 Å². The Bertz CT molecular complexity index is 797. The van der Waals surface area contributed by atoms with Crippen LogP contribution in [0, 0.1) is 28.1 Å². The normalized spacial score (nSPS) is 27.3. The fourth-order valence-corrected chi connectivity index (χ4v) is 5.57. The lowest BCUT2D eigenvalue weighted by atomic mass is 9.72.